The molecular formula is C22H24N2O4. The van der Waals surface area contributed by atoms with Crippen molar-refractivity contribution in [1.29, 1.82) is 0 Å². The van der Waals surface area contributed by atoms with Crippen LogP contribution in [0.15, 0.2) is 42.5 Å². The Bertz CT molecular complexity index is 932. The molecule has 146 valence electrons. The van der Waals surface area contributed by atoms with Gasteiger partial charge in [0.1, 0.15) is 0 Å². The summed E-state index contributed by atoms with van der Waals surface area (Å²) in [6, 6.07) is 13.1. The Kier molecular flexibility index (Phi) is 4.49. The van der Waals surface area contributed by atoms with Gasteiger partial charge in [0.25, 0.3) is 0 Å². The number of benzene rings is 2. The van der Waals surface area contributed by atoms with E-state index in [2.05, 4.69) is 31.4 Å². The standard InChI is InChI=1S/C22H24N2O4/c1-22(2,3)16-6-4-5-7-17(16)24-21(26)15-11-14(15)20(25)23-13-8-9-18-19(10-13)28-12-27-18/h4-10,14-15H,11-12H2,1-3H3,(H,23,25)(H,24,26). The van der Waals surface area contributed by atoms with E-state index in [-0.39, 0.29) is 35.9 Å². The summed E-state index contributed by atoms with van der Waals surface area (Å²) in [6.07, 6.45) is 0.555. The lowest BCUT2D eigenvalue weighted by Crippen LogP contribution is -2.22. The summed E-state index contributed by atoms with van der Waals surface area (Å²) < 4.78 is 10.6. The highest BCUT2D eigenvalue weighted by Gasteiger charge is 2.48. The summed E-state index contributed by atoms with van der Waals surface area (Å²) in [7, 11) is 0. The lowest BCUT2D eigenvalue weighted by molar-refractivity contribution is -0.122. The Morgan fingerprint density at radius 3 is 2.36 bits per heavy atom. The summed E-state index contributed by atoms with van der Waals surface area (Å²) in [5.41, 5.74) is 2.44. The maximum absolute atomic E-state index is 12.6. The van der Waals surface area contributed by atoms with Gasteiger partial charge in [0.2, 0.25) is 18.6 Å². The average Bonchev–Trinajstić information content (AvgIpc) is 3.32. The van der Waals surface area contributed by atoms with Crippen molar-refractivity contribution in [3.8, 4) is 11.5 Å². The molecule has 28 heavy (non-hydrogen) atoms. The molecule has 2 aromatic rings. The van der Waals surface area contributed by atoms with Crippen molar-refractivity contribution >= 4 is 23.2 Å². The summed E-state index contributed by atoms with van der Waals surface area (Å²) in [5, 5.41) is 5.87. The molecule has 2 N–H and O–H groups in total. The van der Waals surface area contributed by atoms with Crippen LogP contribution in [0.2, 0.25) is 0 Å². The zero-order valence-corrected chi connectivity index (χ0v) is 16.2. The Morgan fingerprint density at radius 1 is 0.929 bits per heavy atom. The molecule has 2 aliphatic rings. The molecule has 1 heterocycles. The Labute approximate surface area is 164 Å². The molecular weight excluding hydrogens is 356 g/mol. The molecule has 0 bridgehead atoms. The number of rotatable bonds is 4. The van der Waals surface area contributed by atoms with Gasteiger partial charge < -0.3 is 20.1 Å². The molecule has 1 fully saturated rings. The molecule has 0 aromatic heterocycles. The maximum atomic E-state index is 12.6. The maximum Gasteiger partial charge on any atom is 0.231 e. The van der Waals surface area contributed by atoms with E-state index in [1.165, 1.54) is 0 Å². The Morgan fingerprint density at radius 2 is 1.61 bits per heavy atom. The molecule has 0 radical (unpaired) electrons. The highest BCUT2D eigenvalue weighted by Crippen LogP contribution is 2.41. The Hall–Kier alpha value is -3.02. The molecule has 6 heteroatoms. The van der Waals surface area contributed by atoms with Gasteiger partial charge in [0.05, 0.1) is 11.8 Å². The molecule has 2 amide bonds. The van der Waals surface area contributed by atoms with E-state index in [9.17, 15) is 9.59 Å². The van der Waals surface area contributed by atoms with E-state index < -0.39 is 0 Å². The first-order valence-electron chi connectivity index (χ1n) is 9.44. The third kappa shape index (κ3) is 3.67. The number of hydrogen-bond acceptors (Lipinski definition) is 4. The fraction of sp³-hybridized carbons (Fsp3) is 0.364. The number of fused-ring (bicyclic) bond motifs is 1. The van der Waals surface area contributed by atoms with E-state index in [1.54, 1.807) is 18.2 Å². The molecule has 1 aliphatic carbocycles. The molecule has 2 unspecified atom stereocenters. The number of hydrogen-bond donors (Lipinski definition) is 2. The topological polar surface area (TPSA) is 76.7 Å². The van der Waals surface area contributed by atoms with Gasteiger partial charge in [0.15, 0.2) is 11.5 Å². The van der Waals surface area contributed by atoms with Crippen LogP contribution in [-0.4, -0.2) is 18.6 Å². The lowest BCUT2D eigenvalue weighted by Gasteiger charge is -2.23. The number of carbonyl (C=O) groups is 2. The molecule has 1 aliphatic heterocycles. The van der Waals surface area contributed by atoms with Crippen LogP contribution in [0, 0.1) is 11.8 Å². The van der Waals surface area contributed by atoms with Gasteiger partial charge in [-0.3, -0.25) is 9.59 Å². The average molecular weight is 380 g/mol. The second-order valence-corrected chi connectivity index (χ2v) is 8.29. The van der Waals surface area contributed by atoms with Gasteiger partial charge in [0, 0.05) is 17.4 Å². The van der Waals surface area contributed by atoms with Crippen molar-refractivity contribution in [2.24, 2.45) is 11.8 Å². The molecule has 0 spiro atoms. The van der Waals surface area contributed by atoms with Crippen molar-refractivity contribution < 1.29 is 19.1 Å². The number of carbonyl (C=O) groups excluding carboxylic acids is 2. The second-order valence-electron chi connectivity index (χ2n) is 8.29. The van der Waals surface area contributed by atoms with Crippen molar-refractivity contribution in [1.82, 2.24) is 0 Å². The van der Waals surface area contributed by atoms with Gasteiger partial charge in [-0.1, -0.05) is 39.0 Å². The van der Waals surface area contributed by atoms with Gasteiger partial charge in [-0.25, -0.2) is 0 Å². The molecule has 4 rings (SSSR count). The minimum Gasteiger partial charge on any atom is -0.454 e. The molecule has 1 saturated carbocycles. The molecule has 6 nitrogen and oxygen atoms in total. The third-order valence-corrected chi connectivity index (χ3v) is 5.10. The highest BCUT2D eigenvalue weighted by molar-refractivity contribution is 6.03. The van der Waals surface area contributed by atoms with Crippen LogP contribution >= 0.6 is 0 Å². The fourth-order valence-electron chi connectivity index (χ4n) is 3.46. The van der Waals surface area contributed by atoms with Gasteiger partial charge in [-0.2, -0.15) is 0 Å². The fourth-order valence-corrected chi connectivity index (χ4v) is 3.46. The van der Waals surface area contributed by atoms with Gasteiger partial charge >= 0.3 is 0 Å². The number of anilines is 2. The van der Waals surface area contributed by atoms with Crippen LogP contribution < -0.4 is 20.1 Å². The Balaban J connectivity index is 1.38. The van der Waals surface area contributed by atoms with E-state index in [1.807, 2.05) is 24.3 Å². The lowest BCUT2D eigenvalue weighted by atomic mass is 9.86. The minimum absolute atomic E-state index is 0.0798. The van der Waals surface area contributed by atoms with Crippen molar-refractivity contribution in [2.75, 3.05) is 17.4 Å². The van der Waals surface area contributed by atoms with E-state index in [4.69, 9.17) is 9.47 Å². The van der Waals surface area contributed by atoms with Crippen LogP contribution in [-0.2, 0) is 15.0 Å². The van der Waals surface area contributed by atoms with E-state index >= 15 is 0 Å². The molecule has 0 saturated heterocycles. The SMILES string of the molecule is CC(C)(C)c1ccccc1NC(=O)C1CC1C(=O)Nc1ccc2c(c1)OCO2. The summed E-state index contributed by atoms with van der Waals surface area (Å²) >= 11 is 0. The molecule has 2 atom stereocenters. The van der Waals surface area contributed by atoms with Crippen molar-refractivity contribution in [3.63, 3.8) is 0 Å². The third-order valence-electron chi connectivity index (χ3n) is 5.10. The first-order chi connectivity index (χ1) is 13.3. The smallest absolute Gasteiger partial charge is 0.231 e. The predicted octanol–water partition coefficient (Wildman–Crippen LogP) is 3.93. The predicted molar refractivity (Wildman–Crippen MR) is 107 cm³/mol. The van der Waals surface area contributed by atoms with Gasteiger partial charge in [-0.05, 0) is 35.6 Å². The van der Waals surface area contributed by atoms with Gasteiger partial charge in [-0.15, -0.1) is 0 Å². The van der Waals surface area contributed by atoms with E-state index in [0.29, 0.717) is 23.6 Å². The zero-order chi connectivity index (χ0) is 19.9. The summed E-state index contributed by atoms with van der Waals surface area (Å²) in [4.78, 5) is 25.2. The quantitative estimate of drug-likeness (QED) is 0.843. The minimum atomic E-state index is -0.313. The van der Waals surface area contributed by atoms with Crippen LogP contribution in [0.25, 0.3) is 0 Å². The van der Waals surface area contributed by atoms with E-state index in [0.717, 1.165) is 11.3 Å². The first-order valence-corrected chi connectivity index (χ1v) is 9.44. The monoisotopic (exact) mass is 380 g/mol. The number of ether oxygens (including phenoxy) is 2. The number of para-hydroxylation sites is 1. The van der Waals surface area contributed by atoms with Crippen LogP contribution in [0.3, 0.4) is 0 Å². The van der Waals surface area contributed by atoms with Crippen LogP contribution in [0.1, 0.15) is 32.8 Å². The normalized spacial score (nSPS) is 19.8. The first kappa shape index (κ1) is 18.3. The highest BCUT2D eigenvalue weighted by atomic mass is 16.7. The number of nitrogens with one attached hydrogen (secondary N) is 2. The summed E-state index contributed by atoms with van der Waals surface area (Å²) in [6.45, 7) is 6.51. The zero-order valence-electron chi connectivity index (χ0n) is 16.2. The van der Waals surface area contributed by atoms with Crippen molar-refractivity contribution in [2.45, 2.75) is 32.6 Å². The van der Waals surface area contributed by atoms with Crippen molar-refractivity contribution in [3.05, 3.63) is 48.0 Å². The van der Waals surface area contributed by atoms with Crippen LogP contribution in [0.5, 0.6) is 11.5 Å². The second kappa shape index (κ2) is 6.86. The number of amides is 2. The summed E-state index contributed by atoms with van der Waals surface area (Å²) in [5.74, 6) is 0.404. The molecule has 2 aromatic carbocycles. The largest absolute Gasteiger partial charge is 0.454 e. The van der Waals surface area contributed by atoms with Crippen LogP contribution in [0.4, 0.5) is 11.4 Å².